The van der Waals surface area contributed by atoms with Crippen molar-refractivity contribution in [1.29, 1.82) is 0 Å². The summed E-state index contributed by atoms with van der Waals surface area (Å²) >= 11 is 0. The van der Waals surface area contributed by atoms with E-state index in [-0.39, 0.29) is 4.90 Å². The fourth-order valence-electron chi connectivity index (χ4n) is 5.97. The molecule has 2 nitrogen and oxygen atoms in total. The number of hydrogen-bond donors (Lipinski definition) is 0. The molecule has 0 fully saturated rings. The van der Waals surface area contributed by atoms with Crippen LogP contribution in [-0.2, 0) is 5.41 Å². The van der Waals surface area contributed by atoms with E-state index >= 15 is 0 Å². The molecule has 10 rings (SSSR count). The first-order valence-electron chi connectivity index (χ1n) is 32.3. The molecule has 51 heavy (non-hydrogen) atoms. The lowest BCUT2D eigenvalue weighted by atomic mass is 9.82. The van der Waals surface area contributed by atoms with Crippen LogP contribution in [0.25, 0.3) is 66.1 Å². The second kappa shape index (κ2) is 11.3. The van der Waals surface area contributed by atoms with Gasteiger partial charge in [0.2, 0.25) is 0 Å². The Morgan fingerprint density at radius 1 is 0.490 bits per heavy atom. The highest BCUT2D eigenvalue weighted by molar-refractivity contribution is 6.22. The fraction of sp³-hybridized carbons (Fsp3) is 0.0612. The Balaban J connectivity index is 1.54. The monoisotopic (exact) mass is 688 g/mol. The van der Waals surface area contributed by atoms with E-state index in [1.165, 1.54) is 0 Å². The maximum absolute atomic E-state index is 10.2. The normalized spacial score (nSPS) is 23.3. The summed E-state index contributed by atoms with van der Waals surface area (Å²) in [6, 6.07) is -33.7. The van der Waals surface area contributed by atoms with Crippen LogP contribution in [0.5, 0.6) is 0 Å². The lowest BCUT2D eigenvalue weighted by molar-refractivity contribution is 0.660. The quantitative estimate of drug-likeness (QED) is 0.179. The highest BCUT2D eigenvalue weighted by Gasteiger charge is 2.36. The number of nitrogens with zero attached hydrogens (tertiary/aromatic N) is 1. The predicted molar refractivity (Wildman–Crippen MR) is 214 cm³/mol. The van der Waals surface area contributed by atoms with E-state index in [1.807, 2.05) is 0 Å². The Hall–Kier alpha value is -6.38. The average Bonchev–Trinajstić information content (AvgIpc) is 1.48. The topological polar surface area (TPSA) is 16.4 Å². The lowest BCUT2D eigenvalue weighted by Gasteiger charge is -2.29. The SMILES string of the molecule is [2H]c1c([2H])c([2H])c(-c2c([2H])c([2H])c(N(c3c([2H])c([2H])c4c(c3[2H])C(C([2H])([2H])[2H])(C([2H])([2H])[2H])c3c([2H])c([2H])c([2H])c([2H])c3-4)c3c([2H])c([2H])c([2H])c4oc5c6c([2H])c([2H])c([2H])c([2H])c6c(-c6c([2H])c([2H])c([2H])c([2H])c6[2H])c([2H])c5c34)c([2H])c2[2H])c([2H])c1[2H]. The van der Waals surface area contributed by atoms with Crippen molar-refractivity contribution in [2.45, 2.75) is 19.1 Å². The Morgan fingerprint density at radius 2 is 1.14 bits per heavy atom. The van der Waals surface area contributed by atoms with Crippen LogP contribution in [0.2, 0.25) is 0 Å². The molecule has 0 atom stereocenters. The van der Waals surface area contributed by atoms with Crippen molar-refractivity contribution in [3.8, 4) is 33.4 Å². The molecule has 0 saturated heterocycles. The molecule has 8 aromatic carbocycles. The van der Waals surface area contributed by atoms with E-state index in [4.69, 9.17) is 35.9 Å². The maximum Gasteiger partial charge on any atom is 0.143 e. The van der Waals surface area contributed by atoms with Gasteiger partial charge in [-0.2, -0.15) is 0 Å². The Kier molecular flexibility index (Phi) is 2.40. The van der Waals surface area contributed by atoms with Gasteiger partial charge in [0.1, 0.15) is 11.2 Å². The molecular formula is C49H35NO. The highest BCUT2D eigenvalue weighted by atomic mass is 16.3. The van der Waals surface area contributed by atoms with Gasteiger partial charge >= 0.3 is 0 Å². The third kappa shape index (κ3) is 4.57. The first-order valence-corrected chi connectivity index (χ1v) is 14.8. The van der Waals surface area contributed by atoms with Crippen LogP contribution in [0, 0.1) is 0 Å². The van der Waals surface area contributed by atoms with Gasteiger partial charge in [0.05, 0.1) is 50.8 Å². The van der Waals surface area contributed by atoms with Gasteiger partial charge in [-0.25, -0.2) is 0 Å². The molecule has 1 aliphatic carbocycles. The molecule has 2 heteroatoms. The third-order valence-electron chi connectivity index (χ3n) is 8.19. The van der Waals surface area contributed by atoms with Gasteiger partial charge in [0.25, 0.3) is 0 Å². The molecule has 9 aromatic rings. The second-order valence-corrected chi connectivity index (χ2v) is 11.0. The number of rotatable bonds is 5. The molecule has 0 saturated carbocycles. The van der Waals surface area contributed by atoms with E-state index < -0.39 is 289 Å². The summed E-state index contributed by atoms with van der Waals surface area (Å²) in [4.78, 5) is 0.225. The number of hydrogen-bond acceptors (Lipinski definition) is 2. The second-order valence-electron chi connectivity index (χ2n) is 11.0. The van der Waals surface area contributed by atoms with Gasteiger partial charge in [-0.3, -0.25) is 0 Å². The Labute approximate surface area is 347 Å². The summed E-state index contributed by atoms with van der Waals surface area (Å²) in [7, 11) is 0. The van der Waals surface area contributed by atoms with E-state index in [1.54, 1.807) is 0 Å². The van der Waals surface area contributed by atoms with Gasteiger partial charge in [0, 0.05) is 35.8 Å². The van der Waals surface area contributed by atoms with Crippen LogP contribution in [0.15, 0.2) is 180 Å². The van der Waals surface area contributed by atoms with Crippen LogP contribution < -0.4 is 4.90 Å². The molecule has 1 aromatic heterocycles. The Morgan fingerprint density at radius 3 is 1.92 bits per heavy atom. The van der Waals surface area contributed by atoms with Crippen LogP contribution in [0.4, 0.5) is 17.1 Å². The van der Waals surface area contributed by atoms with E-state index in [2.05, 4.69) is 0 Å². The van der Waals surface area contributed by atoms with Crippen molar-refractivity contribution in [1.82, 2.24) is 0 Å². The molecule has 1 heterocycles. The van der Waals surface area contributed by atoms with Gasteiger partial charge in [-0.05, 0) is 92.2 Å². The largest absolute Gasteiger partial charge is 0.455 e. The van der Waals surface area contributed by atoms with Gasteiger partial charge in [-0.15, -0.1) is 0 Å². The van der Waals surface area contributed by atoms with Crippen LogP contribution >= 0.6 is 0 Å². The summed E-state index contributed by atoms with van der Waals surface area (Å²) in [5, 5.41) is -3.34. The van der Waals surface area contributed by atoms with Gasteiger partial charge in [-0.1, -0.05) is 147 Å². The van der Waals surface area contributed by atoms with Crippen molar-refractivity contribution in [2.75, 3.05) is 4.90 Å². The van der Waals surface area contributed by atoms with Crippen molar-refractivity contribution < 1.29 is 52.4 Å². The summed E-state index contributed by atoms with van der Waals surface area (Å²) < 4.78 is 324. The summed E-state index contributed by atoms with van der Waals surface area (Å²) in [5.41, 5.74) is -17.9. The minimum Gasteiger partial charge on any atom is -0.455 e. The zero-order valence-corrected chi connectivity index (χ0v) is 25.4. The third-order valence-corrected chi connectivity index (χ3v) is 8.19. The number of anilines is 3. The fourth-order valence-corrected chi connectivity index (χ4v) is 5.97. The first kappa shape index (κ1) is 10.8. The van der Waals surface area contributed by atoms with Gasteiger partial charge in [0.15, 0.2) is 0 Å². The highest BCUT2D eigenvalue weighted by Crippen LogP contribution is 2.52. The molecule has 1 aliphatic rings. The van der Waals surface area contributed by atoms with Gasteiger partial charge < -0.3 is 9.32 Å². The molecule has 0 bridgehead atoms. The molecule has 0 unspecified atom stereocenters. The maximum atomic E-state index is 10.2. The molecule has 0 radical (unpaired) electrons. The van der Waals surface area contributed by atoms with Crippen molar-refractivity contribution in [3.05, 3.63) is 186 Å². The summed E-state index contributed by atoms with van der Waals surface area (Å²) in [5.74, 6) is 0. The van der Waals surface area contributed by atoms with E-state index in [0.717, 1.165) is 0 Å². The molecule has 0 amide bonds. The zero-order valence-electron chi connectivity index (χ0n) is 60.4. The number of furan rings is 1. The average molecular weight is 689 g/mol. The molecule has 0 N–H and O–H groups in total. The molecule has 242 valence electrons. The zero-order chi connectivity index (χ0) is 64.3. The molecule has 0 aliphatic heterocycles. The summed E-state index contributed by atoms with van der Waals surface area (Å²) in [6.45, 7) is -8.15. The lowest BCUT2D eigenvalue weighted by Crippen LogP contribution is -2.16. The van der Waals surface area contributed by atoms with E-state index in [9.17, 15) is 16.4 Å². The predicted octanol–water partition coefficient (Wildman–Crippen LogP) is 13.8. The van der Waals surface area contributed by atoms with Crippen molar-refractivity contribution in [2.24, 2.45) is 0 Å². The number of benzene rings is 8. The molecular weight excluding hydrogens is 619 g/mol. The van der Waals surface area contributed by atoms with Crippen molar-refractivity contribution >= 4 is 49.8 Å². The van der Waals surface area contributed by atoms with Crippen molar-refractivity contribution in [3.63, 3.8) is 0 Å². The Bertz CT molecular complexity index is 4570. The standard InChI is InChI=1S/C49H35NO/c1-49(2)43-21-12-11-19-38(43)39-29-28-36(30-44(39)49)50(35-26-24-33(25-27-35)32-14-5-3-6-15-32)45-22-13-23-46-47(45)42-31-41(34-16-7-4-8-17-34)37-18-9-10-20-40(37)48(42)51-46/h3-31H,1-2H3/i1D3,2D3,3D,4D,5D,6D,7D,8D,9D,10D,11D,12D,13D,14D,15D,16D,17D,18D,19D,20D,21D,22D,23D,24D,25D,26D,27D,28D,29D,30D,31D. The number of fused-ring (bicyclic) bond motifs is 8. The van der Waals surface area contributed by atoms with Crippen LogP contribution in [-0.4, -0.2) is 0 Å². The smallest absolute Gasteiger partial charge is 0.143 e. The minimum absolute atomic E-state index is 0.225. The first-order chi connectivity index (χ1) is 39.6. The minimum atomic E-state index is -4.07. The van der Waals surface area contributed by atoms with Crippen LogP contribution in [0.1, 0.15) is 72.8 Å². The van der Waals surface area contributed by atoms with Crippen LogP contribution in [0.3, 0.4) is 0 Å². The van der Waals surface area contributed by atoms with E-state index in [0.29, 0.717) is 0 Å². The molecule has 0 spiro atoms. The summed E-state index contributed by atoms with van der Waals surface area (Å²) in [6.07, 6.45) is 0.